The van der Waals surface area contributed by atoms with Crippen LogP contribution in [0.4, 0.5) is 0 Å². The zero-order chi connectivity index (χ0) is 21.0. The maximum Gasteiger partial charge on any atom is 0.262 e. The highest BCUT2D eigenvalue weighted by molar-refractivity contribution is 6.30. The van der Waals surface area contributed by atoms with E-state index in [2.05, 4.69) is 22.0 Å². The highest BCUT2D eigenvalue weighted by Crippen LogP contribution is 2.29. The van der Waals surface area contributed by atoms with E-state index >= 15 is 0 Å². The van der Waals surface area contributed by atoms with E-state index in [9.17, 15) is 10.1 Å². The number of para-hydroxylation sites is 1. The third-order valence-corrected chi connectivity index (χ3v) is 5.43. The summed E-state index contributed by atoms with van der Waals surface area (Å²) in [4.78, 5) is 12.5. The average Bonchev–Trinajstić information content (AvgIpc) is 2.98. The maximum absolute atomic E-state index is 12.5. The molecular formula is C24H24ClN3O. The molecule has 0 bridgehead atoms. The summed E-state index contributed by atoms with van der Waals surface area (Å²) in [6.45, 7) is 6.62. The summed E-state index contributed by atoms with van der Waals surface area (Å²) in [6.07, 6.45) is 2.51. The van der Waals surface area contributed by atoms with Crippen LogP contribution in [-0.2, 0) is 11.3 Å². The molecule has 0 aliphatic carbocycles. The van der Waals surface area contributed by atoms with Crippen molar-refractivity contribution in [3.63, 3.8) is 0 Å². The fraction of sp³-hybridized carbons (Fsp3) is 0.250. The van der Waals surface area contributed by atoms with Crippen LogP contribution in [-0.4, -0.2) is 16.5 Å². The van der Waals surface area contributed by atoms with E-state index in [4.69, 9.17) is 11.6 Å². The van der Waals surface area contributed by atoms with E-state index in [1.165, 1.54) is 0 Å². The van der Waals surface area contributed by atoms with Gasteiger partial charge in [-0.2, -0.15) is 5.26 Å². The van der Waals surface area contributed by atoms with Crippen LogP contribution in [0.1, 0.15) is 37.1 Å². The van der Waals surface area contributed by atoms with Gasteiger partial charge >= 0.3 is 0 Å². The summed E-state index contributed by atoms with van der Waals surface area (Å²) in [5.41, 5.74) is 4.20. The predicted octanol–water partition coefficient (Wildman–Crippen LogP) is 5.47. The van der Waals surface area contributed by atoms with Crippen LogP contribution < -0.4 is 5.32 Å². The highest BCUT2D eigenvalue weighted by atomic mass is 35.5. The van der Waals surface area contributed by atoms with Crippen molar-refractivity contribution in [2.45, 2.75) is 39.8 Å². The predicted molar refractivity (Wildman–Crippen MR) is 119 cm³/mol. The first-order valence-electron chi connectivity index (χ1n) is 9.69. The molecule has 5 heteroatoms. The second-order valence-corrected chi connectivity index (χ2v) is 7.62. The molecular weight excluding hydrogens is 382 g/mol. The first-order valence-corrected chi connectivity index (χ1v) is 10.1. The Morgan fingerprint density at radius 2 is 1.93 bits per heavy atom. The topological polar surface area (TPSA) is 57.8 Å². The smallest absolute Gasteiger partial charge is 0.262 e. The summed E-state index contributed by atoms with van der Waals surface area (Å²) in [5, 5.41) is 14.2. The Labute approximate surface area is 176 Å². The van der Waals surface area contributed by atoms with Gasteiger partial charge in [-0.3, -0.25) is 4.79 Å². The fourth-order valence-electron chi connectivity index (χ4n) is 3.31. The van der Waals surface area contributed by atoms with Gasteiger partial charge in [0.25, 0.3) is 5.91 Å². The number of nitrogens with one attached hydrogen (secondary N) is 1. The Hall–Kier alpha value is -3.03. The number of halogens is 1. The second-order valence-electron chi connectivity index (χ2n) is 7.18. The van der Waals surface area contributed by atoms with Crippen molar-refractivity contribution in [2.75, 3.05) is 0 Å². The second kappa shape index (κ2) is 8.98. The molecule has 1 heterocycles. The van der Waals surface area contributed by atoms with Gasteiger partial charge in [-0.25, -0.2) is 0 Å². The first kappa shape index (κ1) is 20.7. The van der Waals surface area contributed by atoms with E-state index in [1.807, 2.05) is 63.2 Å². The Balaban J connectivity index is 2.06. The lowest BCUT2D eigenvalue weighted by Gasteiger charge is -2.10. The number of rotatable bonds is 6. The zero-order valence-electron chi connectivity index (χ0n) is 16.9. The van der Waals surface area contributed by atoms with Gasteiger partial charge in [0, 0.05) is 39.8 Å². The molecule has 148 valence electrons. The molecule has 0 aliphatic heterocycles. The molecule has 0 aliphatic rings. The van der Waals surface area contributed by atoms with E-state index in [1.54, 1.807) is 6.08 Å². The average molecular weight is 406 g/mol. The molecule has 29 heavy (non-hydrogen) atoms. The molecule has 3 aromatic rings. The number of fused-ring (bicyclic) bond motifs is 1. The Bertz CT molecular complexity index is 1100. The molecule has 0 unspecified atom stereocenters. The minimum absolute atomic E-state index is 0.0200. The van der Waals surface area contributed by atoms with Crippen LogP contribution >= 0.6 is 11.6 Å². The number of nitrogens with zero attached hydrogens (tertiary/aromatic N) is 2. The standard InChI is InChI=1S/C24H24ClN3O/c1-4-16(2)27-24(29)19(14-26)13-22-17(3)28(23-8-6-5-7-21(22)23)15-18-9-11-20(25)12-10-18/h5-13,16H,4,15H2,1-3H3,(H,27,29)/b19-13+/t16-/m1/s1. The van der Waals surface area contributed by atoms with Crippen LogP contribution in [0.3, 0.4) is 0 Å². The number of benzene rings is 2. The van der Waals surface area contributed by atoms with Gasteiger partial charge in [0.15, 0.2) is 0 Å². The molecule has 1 atom stereocenters. The first-order chi connectivity index (χ1) is 13.9. The SMILES string of the molecule is CC[C@@H](C)NC(=O)/C(C#N)=C/c1c(C)n(Cc2ccc(Cl)cc2)c2ccccc12. The van der Waals surface area contributed by atoms with Gasteiger partial charge in [-0.05, 0) is 50.1 Å². The number of nitriles is 1. The number of hydrogen-bond donors (Lipinski definition) is 1. The van der Waals surface area contributed by atoms with E-state index in [0.717, 1.165) is 34.1 Å². The fourth-order valence-corrected chi connectivity index (χ4v) is 3.44. The minimum Gasteiger partial charge on any atom is -0.349 e. The summed E-state index contributed by atoms with van der Waals surface area (Å²) >= 11 is 6.01. The molecule has 1 N–H and O–H groups in total. The van der Waals surface area contributed by atoms with Crippen molar-refractivity contribution in [3.8, 4) is 6.07 Å². The number of hydrogen-bond acceptors (Lipinski definition) is 2. The lowest BCUT2D eigenvalue weighted by Crippen LogP contribution is -2.32. The molecule has 0 saturated carbocycles. The molecule has 3 rings (SSSR count). The molecule has 1 amide bonds. The Kier molecular flexibility index (Phi) is 6.41. The van der Waals surface area contributed by atoms with Crippen molar-refractivity contribution in [1.29, 1.82) is 5.26 Å². The number of aromatic nitrogens is 1. The van der Waals surface area contributed by atoms with Gasteiger partial charge in [-0.1, -0.05) is 48.9 Å². The van der Waals surface area contributed by atoms with Gasteiger partial charge in [0.1, 0.15) is 11.6 Å². The lowest BCUT2D eigenvalue weighted by atomic mass is 10.1. The largest absolute Gasteiger partial charge is 0.349 e. The van der Waals surface area contributed by atoms with Crippen molar-refractivity contribution in [3.05, 3.63) is 75.9 Å². The van der Waals surface area contributed by atoms with Gasteiger partial charge in [-0.15, -0.1) is 0 Å². The molecule has 0 saturated heterocycles. The van der Waals surface area contributed by atoms with Gasteiger partial charge in [0.2, 0.25) is 0 Å². The summed E-state index contributed by atoms with van der Waals surface area (Å²) < 4.78 is 2.20. The Morgan fingerprint density at radius 3 is 2.59 bits per heavy atom. The summed E-state index contributed by atoms with van der Waals surface area (Å²) in [6, 6.07) is 17.9. The quantitative estimate of drug-likeness (QED) is 0.436. The molecule has 1 aromatic heterocycles. The number of carbonyl (C=O) groups excluding carboxylic acids is 1. The van der Waals surface area contributed by atoms with Crippen molar-refractivity contribution >= 4 is 34.5 Å². The van der Waals surface area contributed by atoms with Crippen LogP contribution in [0, 0.1) is 18.3 Å². The third-order valence-electron chi connectivity index (χ3n) is 5.18. The maximum atomic E-state index is 12.5. The lowest BCUT2D eigenvalue weighted by molar-refractivity contribution is -0.117. The molecule has 2 aromatic carbocycles. The van der Waals surface area contributed by atoms with Crippen LogP contribution in [0.15, 0.2) is 54.1 Å². The van der Waals surface area contributed by atoms with Crippen LogP contribution in [0.25, 0.3) is 17.0 Å². The van der Waals surface area contributed by atoms with Gasteiger partial charge in [0.05, 0.1) is 0 Å². The highest BCUT2D eigenvalue weighted by Gasteiger charge is 2.17. The normalized spacial score (nSPS) is 12.6. The van der Waals surface area contributed by atoms with Crippen molar-refractivity contribution < 1.29 is 4.79 Å². The Morgan fingerprint density at radius 1 is 1.24 bits per heavy atom. The van der Waals surface area contributed by atoms with E-state index in [-0.39, 0.29) is 17.5 Å². The minimum atomic E-state index is -0.337. The molecule has 4 nitrogen and oxygen atoms in total. The van der Waals surface area contributed by atoms with Crippen LogP contribution in [0.5, 0.6) is 0 Å². The summed E-state index contributed by atoms with van der Waals surface area (Å²) in [5.74, 6) is -0.337. The summed E-state index contributed by atoms with van der Waals surface area (Å²) in [7, 11) is 0. The van der Waals surface area contributed by atoms with Crippen LogP contribution in [0.2, 0.25) is 5.02 Å². The van der Waals surface area contributed by atoms with E-state index < -0.39 is 0 Å². The third kappa shape index (κ3) is 4.52. The van der Waals surface area contributed by atoms with Gasteiger partial charge < -0.3 is 9.88 Å². The van der Waals surface area contributed by atoms with Crippen molar-refractivity contribution in [1.82, 2.24) is 9.88 Å². The molecule has 0 spiro atoms. The number of carbonyl (C=O) groups is 1. The molecule has 0 fully saturated rings. The van der Waals surface area contributed by atoms with E-state index in [0.29, 0.717) is 11.6 Å². The molecule has 0 radical (unpaired) electrons. The monoisotopic (exact) mass is 405 g/mol. The number of amides is 1. The van der Waals surface area contributed by atoms with Crippen molar-refractivity contribution in [2.24, 2.45) is 0 Å². The zero-order valence-corrected chi connectivity index (χ0v) is 17.6.